The van der Waals surface area contributed by atoms with E-state index in [1.54, 1.807) is 16.7 Å². The van der Waals surface area contributed by atoms with Gasteiger partial charge in [-0.05, 0) is 57.7 Å². The Labute approximate surface area is 131 Å². The molecule has 1 atom stereocenters. The highest BCUT2D eigenvalue weighted by Gasteiger charge is 2.29. The van der Waals surface area contributed by atoms with Crippen molar-refractivity contribution in [3.8, 4) is 0 Å². The zero-order valence-electron chi connectivity index (χ0n) is 13.2. The van der Waals surface area contributed by atoms with Crippen LogP contribution in [-0.4, -0.2) is 42.0 Å². The van der Waals surface area contributed by atoms with Crippen LogP contribution in [0.4, 0.5) is 10.5 Å². The summed E-state index contributed by atoms with van der Waals surface area (Å²) in [6, 6.07) is 8.67. The van der Waals surface area contributed by atoms with Crippen LogP contribution in [0.3, 0.4) is 0 Å². The van der Waals surface area contributed by atoms with Crippen molar-refractivity contribution in [1.82, 2.24) is 4.90 Å². The van der Waals surface area contributed by atoms with Crippen molar-refractivity contribution >= 4 is 23.5 Å². The molecule has 1 aliphatic rings. The highest BCUT2D eigenvalue weighted by Crippen LogP contribution is 2.21. The van der Waals surface area contributed by atoms with Gasteiger partial charge in [0.1, 0.15) is 5.60 Å². The third kappa shape index (κ3) is 4.84. The summed E-state index contributed by atoms with van der Waals surface area (Å²) in [5.41, 5.74) is 0.666. The molecule has 21 heavy (non-hydrogen) atoms. The molecule has 0 aliphatic carbocycles. The summed E-state index contributed by atoms with van der Waals surface area (Å²) in [6.45, 7) is 7.12. The smallest absolute Gasteiger partial charge is 0.410 e. The number of ether oxygens (including phenoxy) is 1. The van der Waals surface area contributed by atoms with Crippen LogP contribution in [0.1, 0.15) is 27.2 Å². The second kappa shape index (κ2) is 6.60. The lowest BCUT2D eigenvalue weighted by Crippen LogP contribution is -2.36. The molecule has 0 spiro atoms. The number of anilines is 1. The van der Waals surface area contributed by atoms with Gasteiger partial charge in [-0.15, -0.1) is 11.8 Å². The van der Waals surface area contributed by atoms with Crippen LogP contribution in [0.2, 0.25) is 0 Å². The van der Waals surface area contributed by atoms with E-state index >= 15 is 0 Å². The zero-order chi connectivity index (χ0) is 15.5. The van der Waals surface area contributed by atoms with Gasteiger partial charge < -0.3 is 15.0 Å². The maximum Gasteiger partial charge on any atom is 0.410 e. The zero-order valence-corrected chi connectivity index (χ0v) is 14.0. The third-order valence-electron chi connectivity index (χ3n) is 3.30. The van der Waals surface area contributed by atoms with Crippen LogP contribution in [-0.2, 0) is 4.74 Å². The number of carbonyl (C=O) groups excluding carboxylic acids is 1. The molecular formula is C16H24N2O2S. The van der Waals surface area contributed by atoms with Crippen molar-refractivity contribution in [3.63, 3.8) is 0 Å². The summed E-state index contributed by atoms with van der Waals surface area (Å²) >= 11 is 1.73. The number of hydrogen-bond acceptors (Lipinski definition) is 4. The van der Waals surface area contributed by atoms with Gasteiger partial charge in [0, 0.05) is 29.7 Å². The van der Waals surface area contributed by atoms with Crippen molar-refractivity contribution in [3.05, 3.63) is 24.3 Å². The topological polar surface area (TPSA) is 41.6 Å². The number of hydrogen-bond donors (Lipinski definition) is 1. The molecule has 116 valence electrons. The number of nitrogens with zero attached hydrogens (tertiary/aromatic N) is 1. The molecule has 1 heterocycles. The van der Waals surface area contributed by atoms with Crippen LogP contribution in [0.5, 0.6) is 0 Å². The largest absolute Gasteiger partial charge is 0.444 e. The van der Waals surface area contributed by atoms with Crippen molar-refractivity contribution in [2.24, 2.45) is 0 Å². The Morgan fingerprint density at radius 2 is 2.00 bits per heavy atom. The summed E-state index contributed by atoms with van der Waals surface area (Å²) in [5.74, 6) is 0. The molecule has 1 amide bonds. The molecule has 5 heteroatoms. The molecule has 1 saturated heterocycles. The van der Waals surface area contributed by atoms with Crippen LogP contribution in [0.25, 0.3) is 0 Å². The first-order valence-electron chi connectivity index (χ1n) is 7.26. The maximum atomic E-state index is 12.0. The number of likely N-dealkylation sites (tertiary alicyclic amines) is 1. The highest BCUT2D eigenvalue weighted by molar-refractivity contribution is 7.98. The first kappa shape index (κ1) is 16.0. The van der Waals surface area contributed by atoms with Crippen LogP contribution < -0.4 is 5.32 Å². The number of thioether (sulfide) groups is 1. The van der Waals surface area contributed by atoms with Gasteiger partial charge >= 0.3 is 6.09 Å². The van der Waals surface area contributed by atoms with Crippen molar-refractivity contribution < 1.29 is 9.53 Å². The fourth-order valence-electron chi connectivity index (χ4n) is 2.29. The molecule has 1 N–H and O–H groups in total. The number of nitrogens with one attached hydrogen (secondary N) is 1. The molecule has 1 aliphatic heterocycles. The van der Waals surface area contributed by atoms with Gasteiger partial charge in [0.25, 0.3) is 0 Å². The Kier molecular flexibility index (Phi) is 5.04. The normalized spacial score (nSPS) is 18.7. The summed E-state index contributed by atoms with van der Waals surface area (Å²) < 4.78 is 5.41. The van der Waals surface area contributed by atoms with Crippen LogP contribution >= 0.6 is 11.8 Å². The Morgan fingerprint density at radius 3 is 2.57 bits per heavy atom. The summed E-state index contributed by atoms with van der Waals surface area (Å²) in [5, 5.41) is 3.48. The molecule has 0 bridgehead atoms. The SMILES string of the molecule is CSc1ccc(NC2CCN(C(=O)OC(C)(C)C)C2)cc1. The standard InChI is InChI=1S/C16H24N2O2S/c1-16(2,3)20-15(19)18-10-9-13(11-18)17-12-5-7-14(21-4)8-6-12/h5-8,13,17H,9-11H2,1-4H3. The first-order chi connectivity index (χ1) is 9.87. The summed E-state index contributed by atoms with van der Waals surface area (Å²) in [6.07, 6.45) is 2.80. The Balaban J connectivity index is 1.86. The Hall–Kier alpha value is -1.36. The molecule has 1 aromatic carbocycles. The van der Waals surface area contributed by atoms with E-state index in [0.29, 0.717) is 6.54 Å². The van der Waals surface area contributed by atoms with Gasteiger partial charge in [0.2, 0.25) is 0 Å². The van der Waals surface area contributed by atoms with E-state index in [9.17, 15) is 4.79 Å². The predicted octanol–water partition coefficient (Wildman–Crippen LogP) is 3.83. The van der Waals surface area contributed by atoms with Gasteiger partial charge in [-0.25, -0.2) is 4.79 Å². The first-order valence-corrected chi connectivity index (χ1v) is 8.48. The van der Waals surface area contributed by atoms with Gasteiger partial charge in [-0.2, -0.15) is 0 Å². The lowest BCUT2D eigenvalue weighted by atomic mass is 10.2. The van der Waals surface area contributed by atoms with Crippen molar-refractivity contribution in [2.45, 2.75) is 43.7 Å². The second-order valence-electron chi connectivity index (χ2n) is 6.28. The van der Waals surface area contributed by atoms with E-state index in [4.69, 9.17) is 4.74 Å². The van der Waals surface area contributed by atoms with E-state index in [1.807, 2.05) is 20.8 Å². The number of amides is 1. The van der Waals surface area contributed by atoms with Crippen LogP contribution in [0, 0.1) is 0 Å². The molecule has 1 aromatic rings. The van der Waals surface area contributed by atoms with Crippen LogP contribution in [0.15, 0.2) is 29.2 Å². The van der Waals surface area contributed by atoms with E-state index in [1.165, 1.54) is 4.90 Å². The maximum absolute atomic E-state index is 12.0. The molecule has 0 saturated carbocycles. The van der Waals surface area contributed by atoms with E-state index in [0.717, 1.165) is 18.7 Å². The minimum atomic E-state index is -0.434. The lowest BCUT2D eigenvalue weighted by Gasteiger charge is -2.24. The number of benzene rings is 1. The van der Waals surface area contributed by atoms with E-state index in [-0.39, 0.29) is 12.1 Å². The molecular weight excluding hydrogens is 284 g/mol. The monoisotopic (exact) mass is 308 g/mol. The predicted molar refractivity (Wildman–Crippen MR) is 88.1 cm³/mol. The molecule has 0 radical (unpaired) electrons. The average molecular weight is 308 g/mol. The van der Waals surface area contributed by atoms with Gasteiger partial charge in [-0.1, -0.05) is 0 Å². The van der Waals surface area contributed by atoms with E-state index in [2.05, 4.69) is 35.8 Å². The van der Waals surface area contributed by atoms with Gasteiger partial charge in [0.15, 0.2) is 0 Å². The van der Waals surface area contributed by atoms with Crippen molar-refractivity contribution in [2.75, 3.05) is 24.7 Å². The molecule has 0 aromatic heterocycles. The van der Waals surface area contributed by atoms with Crippen molar-refractivity contribution in [1.29, 1.82) is 0 Å². The second-order valence-corrected chi connectivity index (χ2v) is 7.16. The summed E-state index contributed by atoms with van der Waals surface area (Å²) in [7, 11) is 0. The third-order valence-corrected chi connectivity index (χ3v) is 4.04. The quantitative estimate of drug-likeness (QED) is 0.862. The Morgan fingerprint density at radius 1 is 1.33 bits per heavy atom. The molecule has 1 fully saturated rings. The minimum Gasteiger partial charge on any atom is -0.444 e. The Bertz CT molecular complexity index is 482. The van der Waals surface area contributed by atoms with Gasteiger partial charge in [0.05, 0.1) is 0 Å². The van der Waals surface area contributed by atoms with Gasteiger partial charge in [-0.3, -0.25) is 0 Å². The number of rotatable bonds is 3. The van der Waals surface area contributed by atoms with E-state index < -0.39 is 5.60 Å². The average Bonchev–Trinajstić information content (AvgIpc) is 2.86. The minimum absolute atomic E-state index is 0.218. The molecule has 4 nitrogen and oxygen atoms in total. The fraction of sp³-hybridized carbons (Fsp3) is 0.562. The number of carbonyl (C=O) groups is 1. The molecule has 2 rings (SSSR count). The fourth-order valence-corrected chi connectivity index (χ4v) is 2.70. The summed E-state index contributed by atoms with van der Waals surface area (Å²) in [4.78, 5) is 15.0. The lowest BCUT2D eigenvalue weighted by molar-refractivity contribution is 0.0293. The highest BCUT2D eigenvalue weighted by atomic mass is 32.2. The molecule has 1 unspecified atom stereocenters.